The number of amides is 1. The highest BCUT2D eigenvalue weighted by molar-refractivity contribution is 8.15. The van der Waals surface area contributed by atoms with Crippen LogP contribution in [0.3, 0.4) is 0 Å². The Bertz CT molecular complexity index is 635. The number of hydrogen-bond acceptors (Lipinski definition) is 2. The van der Waals surface area contributed by atoms with Gasteiger partial charge in [-0.05, 0) is 18.2 Å². The number of nitrogens with zero attached hydrogens (tertiary/aromatic N) is 2. The van der Waals surface area contributed by atoms with Crippen molar-refractivity contribution in [2.45, 2.75) is 39.1 Å². The van der Waals surface area contributed by atoms with E-state index >= 15 is 0 Å². The maximum atomic E-state index is 12.9. The Balaban J connectivity index is 2.37. The van der Waals surface area contributed by atoms with Crippen LogP contribution in [0.2, 0.25) is 0 Å². The fourth-order valence-corrected chi connectivity index (χ4v) is 3.05. The Morgan fingerprint density at radius 2 is 1.96 bits per heavy atom. The summed E-state index contributed by atoms with van der Waals surface area (Å²) >= 11 is 1.40. The first kappa shape index (κ1) is 17.8. The van der Waals surface area contributed by atoms with E-state index in [-0.39, 0.29) is 11.2 Å². The van der Waals surface area contributed by atoms with Crippen LogP contribution in [0.25, 0.3) is 0 Å². The first-order valence-corrected chi connectivity index (χ1v) is 8.11. The molecule has 1 heterocycles. The number of hydrogen-bond donors (Lipinski definition) is 0. The maximum Gasteiger partial charge on any atom is 0.416 e. The highest BCUT2D eigenvalue weighted by Crippen LogP contribution is 2.35. The third-order valence-corrected chi connectivity index (χ3v) is 4.38. The first-order valence-electron chi connectivity index (χ1n) is 7.23. The SMILES string of the molecule is CC1CN(c2cccc(C(F)(F)F)c2)C(=NC(=O)C(C)(C)C)S1. The molecule has 0 aliphatic carbocycles. The van der Waals surface area contributed by atoms with E-state index in [1.807, 2.05) is 6.92 Å². The number of halogens is 3. The highest BCUT2D eigenvalue weighted by Gasteiger charge is 2.33. The second-order valence-electron chi connectivity index (χ2n) is 6.54. The van der Waals surface area contributed by atoms with Crippen LogP contribution in [0.1, 0.15) is 33.3 Å². The van der Waals surface area contributed by atoms with Gasteiger partial charge in [-0.1, -0.05) is 45.5 Å². The number of anilines is 1. The van der Waals surface area contributed by atoms with E-state index in [0.717, 1.165) is 12.1 Å². The van der Waals surface area contributed by atoms with Gasteiger partial charge in [0.25, 0.3) is 5.91 Å². The molecule has 1 unspecified atom stereocenters. The van der Waals surface area contributed by atoms with E-state index in [1.165, 1.54) is 17.8 Å². The molecule has 0 N–H and O–H groups in total. The van der Waals surface area contributed by atoms with Crippen molar-refractivity contribution in [2.75, 3.05) is 11.4 Å². The molecular formula is C16H19F3N2OS. The molecule has 2 rings (SSSR count). The molecule has 1 aromatic rings. The molecule has 7 heteroatoms. The fraction of sp³-hybridized carbons (Fsp3) is 0.500. The number of aliphatic imine (C=N–C) groups is 1. The van der Waals surface area contributed by atoms with Gasteiger partial charge in [0.1, 0.15) is 0 Å². The van der Waals surface area contributed by atoms with Gasteiger partial charge in [-0.3, -0.25) is 4.79 Å². The lowest BCUT2D eigenvalue weighted by Gasteiger charge is -2.20. The topological polar surface area (TPSA) is 32.7 Å². The second kappa shape index (κ2) is 6.19. The average Bonchev–Trinajstić information content (AvgIpc) is 2.78. The summed E-state index contributed by atoms with van der Waals surface area (Å²) in [6.45, 7) is 7.75. The summed E-state index contributed by atoms with van der Waals surface area (Å²) < 4.78 is 38.7. The number of alkyl halides is 3. The highest BCUT2D eigenvalue weighted by atomic mass is 32.2. The third kappa shape index (κ3) is 4.28. The second-order valence-corrected chi connectivity index (χ2v) is 7.94. The van der Waals surface area contributed by atoms with Crippen LogP contribution in [-0.2, 0) is 11.0 Å². The molecule has 1 amide bonds. The average molecular weight is 344 g/mol. The zero-order chi connectivity index (χ0) is 17.4. The minimum absolute atomic E-state index is 0.149. The maximum absolute atomic E-state index is 12.9. The van der Waals surface area contributed by atoms with Crippen LogP contribution in [0.15, 0.2) is 29.3 Å². The lowest BCUT2D eigenvalue weighted by molar-refractivity contribution is -0.137. The molecule has 1 fully saturated rings. The van der Waals surface area contributed by atoms with E-state index in [4.69, 9.17) is 0 Å². The first-order chi connectivity index (χ1) is 10.5. The van der Waals surface area contributed by atoms with E-state index in [9.17, 15) is 18.0 Å². The summed E-state index contributed by atoms with van der Waals surface area (Å²) in [5.74, 6) is -0.286. The predicted octanol–water partition coefficient (Wildman–Crippen LogP) is 4.58. The van der Waals surface area contributed by atoms with E-state index < -0.39 is 17.2 Å². The Hall–Kier alpha value is -1.50. The summed E-state index contributed by atoms with van der Waals surface area (Å²) in [6.07, 6.45) is -4.40. The van der Waals surface area contributed by atoms with Gasteiger partial charge < -0.3 is 4.90 Å². The van der Waals surface area contributed by atoms with Crippen molar-refractivity contribution in [3.63, 3.8) is 0 Å². The molecule has 0 spiro atoms. The lowest BCUT2D eigenvalue weighted by atomic mass is 9.96. The van der Waals surface area contributed by atoms with Crippen molar-refractivity contribution in [3.05, 3.63) is 29.8 Å². The Morgan fingerprint density at radius 3 is 2.52 bits per heavy atom. The van der Waals surface area contributed by atoms with Crippen molar-refractivity contribution >= 4 is 28.5 Å². The monoisotopic (exact) mass is 344 g/mol. The summed E-state index contributed by atoms with van der Waals surface area (Å²) in [7, 11) is 0. The smallest absolute Gasteiger partial charge is 0.320 e. The fourth-order valence-electron chi connectivity index (χ4n) is 2.02. The normalized spacial score (nSPS) is 21.1. The van der Waals surface area contributed by atoms with Gasteiger partial charge in [-0.25, -0.2) is 0 Å². The lowest BCUT2D eigenvalue weighted by Crippen LogP contribution is -2.28. The number of benzene rings is 1. The van der Waals surface area contributed by atoms with Crippen molar-refractivity contribution in [3.8, 4) is 0 Å². The van der Waals surface area contributed by atoms with Gasteiger partial charge in [0.05, 0.1) is 5.56 Å². The number of rotatable bonds is 1. The zero-order valence-corrected chi connectivity index (χ0v) is 14.3. The summed E-state index contributed by atoms with van der Waals surface area (Å²) in [5.41, 5.74) is -0.933. The quantitative estimate of drug-likeness (QED) is 0.748. The Morgan fingerprint density at radius 1 is 1.30 bits per heavy atom. The number of amidine groups is 1. The molecule has 1 aliphatic heterocycles. The van der Waals surface area contributed by atoms with E-state index in [1.54, 1.807) is 31.7 Å². The van der Waals surface area contributed by atoms with Crippen LogP contribution in [0.5, 0.6) is 0 Å². The summed E-state index contributed by atoms with van der Waals surface area (Å²) in [4.78, 5) is 17.9. The number of thioether (sulfide) groups is 1. The molecule has 1 aliphatic rings. The predicted molar refractivity (Wildman–Crippen MR) is 87.7 cm³/mol. The van der Waals surface area contributed by atoms with Gasteiger partial charge in [-0.15, -0.1) is 0 Å². The van der Waals surface area contributed by atoms with E-state index in [0.29, 0.717) is 17.4 Å². The molecule has 0 bridgehead atoms. The van der Waals surface area contributed by atoms with Gasteiger partial charge in [0.15, 0.2) is 5.17 Å². The van der Waals surface area contributed by atoms with Crippen LogP contribution < -0.4 is 4.90 Å². The van der Waals surface area contributed by atoms with Crippen molar-refractivity contribution in [2.24, 2.45) is 10.4 Å². The molecule has 3 nitrogen and oxygen atoms in total. The summed E-state index contributed by atoms with van der Waals surface area (Å²) in [6, 6.07) is 5.10. The molecule has 0 saturated carbocycles. The Kier molecular flexibility index (Phi) is 4.80. The molecule has 1 saturated heterocycles. The third-order valence-electron chi connectivity index (χ3n) is 3.30. The van der Waals surface area contributed by atoms with Gasteiger partial charge in [-0.2, -0.15) is 18.2 Å². The molecule has 23 heavy (non-hydrogen) atoms. The number of carbonyl (C=O) groups excluding carboxylic acids is 1. The molecule has 0 radical (unpaired) electrons. The van der Waals surface area contributed by atoms with Crippen molar-refractivity contribution in [1.82, 2.24) is 0 Å². The molecule has 1 atom stereocenters. The Labute approximate surface area is 138 Å². The van der Waals surface area contributed by atoms with Gasteiger partial charge >= 0.3 is 6.18 Å². The van der Waals surface area contributed by atoms with E-state index in [2.05, 4.69) is 4.99 Å². The minimum Gasteiger partial charge on any atom is -0.320 e. The van der Waals surface area contributed by atoms with Crippen LogP contribution in [-0.4, -0.2) is 22.9 Å². The van der Waals surface area contributed by atoms with Gasteiger partial charge in [0, 0.05) is 22.9 Å². The van der Waals surface area contributed by atoms with Crippen LogP contribution in [0.4, 0.5) is 18.9 Å². The summed E-state index contributed by atoms with van der Waals surface area (Å²) in [5, 5.41) is 0.604. The van der Waals surface area contributed by atoms with Gasteiger partial charge in [0.2, 0.25) is 0 Å². The van der Waals surface area contributed by atoms with Crippen molar-refractivity contribution in [1.29, 1.82) is 0 Å². The molecule has 0 aromatic heterocycles. The molecule has 126 valence electrons. The minimum atomic E-state index is -4.40. The van der Waals surface area contributed by atoms with Crippen LogP contribution >= 0.6 is 11.8 Å². The van der Waals surface area contributed by atoms with Crippen LogP contribution in [0, 0.1) is 5.41 Å². The standard InChI is InChI=1S/C16H19F3N2OS/c1-10-9-21(14(23-10)20-13(22)15(2,3)4)12-7-5-6-11(8-12)16(17,18)19/h5-8,10H,9H2,1-4H3. The number of carbonyl (C=O) groups is 1. The largest absolute Gasteiger partial charge is 0.416 e. The molecular weight excluding hydrogens is 325 g/mol. The van der Waals surface area contributed by atoms with Crippen molar-refractivity contribution < 1.29 is 18.0 Å². The molecule has 1 aromatic carbocycles. The zero-order valence-electron chi connectivity index (χ0n) is 13.4.